The summed E-state index contributed by atoms with van der Waals surface area (Å²) in [6.45, 7) is 6.70. The first-order valence-electron chi connectivity index (χ1n) is 9.60. The van der Waals surface area contributed by atoms with Crippen molar-refractivity contribution in [3.8, 4) is 0 Å². The predicted molar refractivity (Wildman–Crippen MR) is 104 cm³/mol. The number of hydrogen-bond donors (Lipinski definition) is 1. The largest absolute Gasteiger partial charge is 0.379 e. The van der Waals surface area contributed by atoms with E-state index in [9.17, 15) is 13.2 Å². The first kappa shape index (κ1) is 20.3. The second-order valence-corrected chi connectivity index (χ2v) is 9.27. The Morgan fingerprint density at radius 2 is 1.96 bits per heavy atom. The van der Waals surface area contributed by atoms with Crippen molar-refractivity contribution in [2.45, 2.75) is 44.0 Å². The standard InChI is InChI=1S/C19H29N3O4S/c1-15-6-7-17(20-19(23)14-21-8-4-3-5-16(21)2)13-18(15)27(24,25)22-9-11-26-12-10-22/h6-7,13,16H,3-5,8-12,14H2,1-2H3,(H,20,23)/t16-/m0/s1. The molecule has 0 bridgehead atoms. The van der Waals surface area contributed by atoms with Crippen molar-refractivity contribution in [1.82, 2.24) is 9.21 Å². The fourth-order valence-electron chi connectivity index (χ4n) is 3.66. The van der Waals surface area contributed by atoms with Crippen molar-refractivity contribution in [2.24, 2.45) is 0 Å². The van der Waals surface area contributed by atoms with Gasteiger partial charge in [0, 0.05) is 24.8 Å². The first-order valence-corrected chi connectivity index (χ1v) is 11.0. The van der Waals surface area contributed by atoms with Crippen LogP contribution in [0.3, 0.4) is 0 Å². The summed E-state index contributed by atoms with van der Waals surface area (Å²) in [7, 11) is -3.60. The molecule has 2 saturated heterocycles. The van der Waals surface area contributed by atoms with Gasteiger partial charge in [-0.1, -0.05) is 12.5 Å². The Kier molecular flexibility index (Phi) is 6.52. The molecule has 1 atom stereocenters. The molecule has 150 valence electrons. The number of aryl methyl sites for hydroxylation is 1. The molecule has 2 aliphatic rings. The smallest absolute Gasteiger partial charge is 0.243 e. The molecule has 27 heavy (non-hydrogen) atoms. The molecule has 0 aliphatic carbocycles. The van der Waals surface area contributed by atoms with Gasteiger partial charge >= 0.3 is 0 Å². The number of amides is 1. The average Bonchev–Trinajstić information content (AvgIpc) is 2.66. The molecule has 0 aromatic heterocycles. The molecule has 1 amide bonds. The zero-order valence-corrected chi connectivity index (χ0v) is 16.9. The number of nitrogens with one attached hydrogen (secondary N) is 1. The number of likely N-dealkylation sites (tertiary alicyclic amines) is 1. The molecule has 2 aliphatic heterocycles. The van der Waals surface area contributed by atoms with Crippen LogP contribution in [0, 0.1) is 6.92 Å². The molecule has 0 saturated carbocycles. The molecule has 2 heterocycles. The van der Waals surface area contributed by atoms with Crippen molar-refractivity contribution in [3.63, 3.8) is 0 Å². The van der Waals surface area contributed by atoms with Gasteiger partial charge in [0.05, 0.1) is 24.7 Å². The van der Waals surface area contributed by atoms with Crippen molar-refractivity contribution >= 4 is 21.6 Å². The molecule has 0 radical (unpaired) electrons. The van der Waals surface area contributed by atoms with E-state index in [0.717, 1.165) is 19.4 Å². The number of piperidine rings is 1. The fraction of sp³-hybridized carbons (Fsp3) is 0.632. The predicted octanol–water partition coefficient (Wildman–Crippen LogP) is 1.83. The van der Waals surface area contributed by atoms with Crippen LogP contribution in [0.4, 0.5) is 5.69 Å². The number of sulfonamides is 1. The molecule has 2 fully saturated rings. The van der Waals surface area contributed by atoms with E-state index in [2.05, 4.69) is 17.1 Å². The Morgan fingerprint density at radius 3 is 2.67 bits per heavy atom. The van der Waals surface area contributed by atoms with Crippen LogP contribution in [-0.4, -0.2) is 69.0 Å². The number of morpholine rings is 1. The summed E-state index contributed by atoms with van der Waals surface area (Å²) >= 11 is 0. The van der Waals surface area contributed by atoms with Crippen molar-refractivity contribution in [1.29, 1.82) is 0 Å². The van der Waals surface area contributed by atoms with Crippen molar-refractivity contribution in [3.05, 3.63) is 23.8 Å². The topological polar surface area (TPSA) is 79.0 Å². The summed E-state index contributed by atoms with van der Waals surface area (Å²) in [6, 6.07) is 5.47. The van der Waals surface area contributed by atoms with E-state index < -0.39 is 10.0 Å². The van der Waals surface area contributed by atoms with E-state index in [1.165, 1.54) is 10.7 Å². The molecule has 1 aromatic carbocycles. The number of ether oxygens (including phenoxy) is 1. The van der Waals surface area contributed by atoms with E-state index in [1.807, 2.05) is 0 Å². The van der Waals surface area contributed by atoms with Crippen LogP contribution in [0.25, 0.3) is 0 Å². The van der Waals surface area contributed by atoms with Crippen molar-refractivity contribution < 1.29 is 17.9 Å². The number of benzene rings is 1. The highest BCUT2D eigenvalue weighted by Gasteiger charge is 2.28. The molecule has 0 unspecified atom stereocenters. The monoisotopic (exact) mass is 395 g/mol. The molecular formula is C19H29N3O4S. The maximum atomic E-state index is 13.0. The van der Waals surface area contributed by atoms with E-state index in [0.29, 0.717) is 50.1 Å². The Balaban J connectivity index is 1.72. The normalized spacial score (nSPS) is 22.5. The van der Waals surface area contributed by atoms with Gasteiger partial charge in [-0.25, -0.2) is 8.42 Å². The lowest BCUT2D eigenvalue weighted by molar-refractivity contribution is -0.118. The summed E-state index contributed by atoms with van der Waals surface area (Å²) in [5, 5.41) is 2.86. The summed E-state index contributed by atoms with van der Waals surface area (Å²) in [5.41, 5.74) is 1.19. The maximum absolute atomic E-state index is 13.0. The third kappa shape index (κ3) is 4.87. The highest BCUT2D eigenvalue weighted by molar-refractivity contribution is 7.89. The molecule has 8 heteroatoms. The van der Waals surface area contributed by atoms with Crippen LogP contribution in [0.1, 0.15) is 31.7 Å². The van der Waals surface area contributed by atoms with Gasteiger partial charge in [-0.15, -0.1) is 0 Å². The van der Waals surface area contributed by atoms with Gasteiger partial charge < -0.3 is 10.1 Å². The number of hydrogen-bond acceptors (Lipinski definition) is 5. The minimum absolute atomic E-state index is 0.109. The summed E-state index contributed by atoms with van der Waals surface area (Å²) in [5.74, 6) is -0.109. The van der Waals surface area contributed by atoms with Crippen LogP contribution in [0.2, 0.25) is 0 Å². The number of anilines is 1. The van der Waals surface area contributed by atoms with E-state index in [1.54, 1.807) is 25.1 Å². The zero-order valence-electron chi connectivity index (χ0n) is 16.1. The van der Waals surface area contributed by atoms with Gasteiger partial charge in [-0.3, -0.25) is 9.69 Å². The minimum atomic E-state index is -3.60. The minimum Gasteiger partial charge on any atom is -0.379 e. The Hall–Kier alpha value is -1.48. The van der Waals surface area contributed by atoms with Gasteiger partial charge in [0.1, 0.15) is 0 Å². The van der Waals surface area contributed by atoms with Gasteiger partial charge in [-0.2, -0.15) is 4.31 Å². The molecular weight excluding hydrogens is 366 g/mol. The zero-order chi connectivity index (χ0) is 19.4. The number of carbonyl (C=O) groups is 1. The van der Waals surface area contributed by atoms with E-state index in [-0.39, 0.29) is 10.8 Å². The highest BCUT2D eigenvalue weighted by atomic mass is 32.2. The summed E-state index contributed by atoms with van der Waals surface area (Å²) < 4.78 is 32.6. The molecule has 3 rings (SSSR count). The molecule has 1 aromatic rings. The van der Waals surface area contributed by atoms with Crippen LogP contribution in [0.15, 0.2) is 23.1 Å². The Bertz CT molecular complexity index is 775. The van der Waals surface area contributed by atoms with Crippen LogP contribution < -0.4 is 5.32 Å². The van der Waals surface area contributed by atoms with E-state index in [4.69, 9.17) is 4.74 Å². The summed E-state index contributed by atoms with van der Waals surface area (Å²) in [6.07, 6.45) is 3.43. The highest BCUT2D eigenvalue weighted by Crippen LogP contribution is 2.24. The van der Waals surface area contributed by atoms with E-state index >= 15 is 0 Å². The Labute approximate surface area is 161 Å². The van der Waals surface area contributed by atoms with Crippen LogP contribution in [0.5, 0.6) is 0 Å². The van der Waals surface area contributed by atoms with Crippen molar-refractivity contribution in [2.75, 3.05) is 44.7 Å². The lowest BCUT2D eigenvalue weighted by atomic mass is 10.0. The van der Waals surface area contributed by atoms with Gasteiger partial charge in [0.15, 0.2) is 0 Å². The fourth-order valence-corrected chi connectivity index (χ4v) is 5.32. The van der Waals surface area contributed by atoms with Gasteiger partial charge in [0.25, 0.3) is 0 Å². The molecule has 1 N–H and O–H groups in total. The number of rotatable bonds is 5. The Morgan fingerprint density at radius 1 is 1.22 bits per heavy atom. The van der Waals surface area contributed by atoms with Gasteiger partial charge in [0.2, 0.25) is 15.9 Å². The second-order valence-electron chi connectivity index (χ2n) is 7.36. The number of carbonyl (C=O) groups excluding carboxylic acids is 1. The average molecular weight is 396 g/mol. The quantitative estimate of drug-likeness (QED) is 0.823. The summed E-state index contributed by atoms with van der Waals surface area (Å²) in [4.78, 5) is 14.9. The van der Waals surface area contributed by atoms with Crippen LogP contribution in [-0.2, 0) is 19.6 Å². The SMILES string of the molecule is Cc1ccc(NC(=O)CN2CCCC[C@@H]2C)cc1S(=O)(=O)N1CCOCC1. The lowest BCUT2D eigenvalue weighted by Gasteiger charge is -2.32. The molecule has 7 nitrogen and oxygen atoms in total. The molecule has 0 spiro atoms. The third-order valence-electron chi connectivity index (χ3n) is 5.35. The maximum Gasteiger partial charge on any atom is 0.243 e. The lowest BCUT2D eigenvalue weighted by Crippen LogP contribution is -2.42. The first-order chi connectivity index (χ1) is 12.9. The van der Waals surface area contributed by atoms with Crippen LogP contribution >= 0.6 is 0 Å². The second kappa shape index (κ2) is 8.68. The third-order valence-corrected chi connectivity index (χ3v) is 7.39. The number of nitrogens with zero attached hydrogens (tertiary/aromatic N) is 2. The van der Waals surface area contributed by atoms with Gasteiger partial charge in [-0.05, 0) is 50.9 Å².